The maximum atomic E-state index is 11.7. The summed E-state index contributed by atoms with van der Waals surface area (Å²) in [7, 11) is 0. The van der Waals surface area contributed by atoms with Crippen molar-refractivity contribution < 1.29 is 14.3 Å². The minimum atomic E-state index is -0.963. The van der Waals surface area contributed by atoms with Gasteiger partial charge < -0.3 is 9.47 Å². The Kier molecular flexibility index (Phi) is 6.12. The number of hydrogen-bond donors (Lipinski definition) is 0. The Hall–Kier alpha value is -0.0600. The van der Waals surface area contributed by atoms with Crippen LogP contribution in [0.15, 0.2) is 0 Å². The second-order valence-electron chi connectivity index (χ2n) is 4.47. The number of ether oxygens (including phenoxy) is 2. The van der Waals surface area contributed by atoms with Crippen LogP contribution in [-0.2, 0) is 4.74 Å². The van der Waals surface area contributed by atoms with E-state index in [2.05, 4.69) is 0 Å². The molecule has 0 unspecified atom stereocenters. The average molecular weight is 380 g/mol. The van der Waals surface area contributed by atoms with Crippen LogP contribution in [0, 0.1) is 0 Å². The molecule has 0 spiro atoms. The van der Waals surface area contributed by atoms with Crippen molar-refractivity contribution in [2.75, 3.05) is 0 Å². The van der Waals surface area contributed by atoms with Crippen molar-refractivity contribution in [3.8, 4) is 5.75 Å². The van der Waals surface area contributed by atoms with Crippen LogP contribution in [0.3, 0.4) is 0 Å². The highest BCUT2D eigenvalue weighted by atomic mass is 35.5. The third-order valence-corrected chi connectivity index (χ3v) is 4.81. The Balaban J connectivity index is 3.08. The summed E-state index contributed by atoms with van der Waals surface area (Å²) in [6.07, 6.45) is -0.360. The zero-order chi connectivity index (χ0) is 15.7. The molecule has 0 aliphatic heterocycles. The molecule has 0 radical (unpaired) electrons. The first-order valence-corrected chi connectivity index (χ1v) is 7.42. The molecule has 0 aliphatic carbocycles. The summed E-state index contributed by atoms with van der Waals surface area (Å²) in [4.78, 5) is 11.7. The predicted octanol–water partition coefficient (Wildman–Crippen LogP) is 6.66. The molecule has 1 aromatic rings. The normalized spacial score (nSPS) is 11.4. The number of benzene rings is 1. The molecule has 1 rings (SSSR count). The molecule has 0 aromatic heterocycles. The smallest absolute Gasteiger partial charge is 0.428 e. The van der Waals surface area contributed by atoms with Gasteiger partial charge in [0.1, 0.15) is 15.6 Å². The SMILES string of the molecule is CCC(C)(C)OC(=O)Oc1c(Cl)c(Cl)c(Cl)c(Cl)c1Cl. The number of halogens is 5. The zero-order valence-corrected chi connectivity index (χ0v) is 14.6. The highest BCUT2D eigenvalue weighted by Crippen LogP contribution is 2.48. The number of carbonyl (C=O) groups is 1. The predicted molar refractivity (Wildman–Crippen MR) is 83.0 cm³/mol. The van der Waals surface area contributed by atoms with Crippen LogP contribution in [-0.4, -0.2) is 11.8 Å². The Labute approximate surface area is 142 Å². The first-order chi connectivity index (χ1) is 9.10. The molecule has 0 amide bonds. The van der Waals surface area contributed by atoms with Gasteiger partial charge in [-0.15, -0.1) is 0 Å². The Bertz CT molecular complexity index is 513. The molecule has 0 aliphatic rings. The van der Waals surface area contributed by atoms with E-state index in [1.165, 1.54) is 0 Å². The molecule has 112 valence electrons. The molecule has 0 N–H and O–H groups in total. The van der Waals surface area contributed by atoms with Crippen molar-refractivity contribution in [1.82, 2.24) is 0 Å². The lowest BCUT2D eigenvalue weighted by molar-refractivity contribution is 0.00709. The van der Waals surface area contributed by atoms with E-state index in [-0.39, 0.29) is 30.9 Å². The van der Waals surface area contributed by atoms with E-state index in [9.17, 15) is 4.79 Å². The molecule has 0 saturated carbocycles. The van der Waals surface area contributed by atoms with Crippen LogP contribution >= 0.6 is 58.0 Å². The minimum absolute atomic E-state index is 0.0158. The molecule has 0 heterocycles. The fraction of sp³-hybridized carbons (Fsp3) is 0.417. The van der Waals surface area contributed by atoms with Gasteiger partial charge in [0.15, 0.2) is 5.75 Å². The number of hydrogen-bond acceptors (Lipinski definition) is 3. The third kappa shape index (κ3) is 3.99. The Morgan fingerprint density at radius 2 is 1.35 bits per heavy atom. The molecule has 0 bridgehead atoms. The van der Waals surface area contributed by atoms with Gasteiger partial charge in [-0.2, -0.15) is 0 Å². The van der Waals surface area contributed by atoms with E-state index in [4.69, 9.17) is 67.5 Å². The van der Waals surface area contributed by atoms with E-state index >= 15 is 0 Å². The van der Waals surface area contributed by atoms with Gasteiger partial charge in [0, 0.05) is 0 Å². The second-order valence-corrected chi connectivity index (χ2v) is 6.36. The summed E-state index contributed by atoms with van der Waals surface area (Å²) < 4.78 is 10.1. The lowest BCUT2D eigenvalue weighted by atomic mass is 10.1. The van der Waals surface area contributed by atoms with E-state index in [0.717, 1.165) is 0 Å². The van der Waals surface area contributed by atoms with Gasteiger partial charge in [0.25, 0.3) is 0 Å². The number of rotatable bonds is 3. The minimum Gasteiger partial charge on any atom is -0.428 e. The van der Waals surface area contributed by atoms with Crippen molar-refractivity contribution in [1.29, 1.82) is 0 Å². The monoisotopic (exact) mass is 378 g/mol. The lowest BCUT2D eigenvalue weighted by Crippen LogP contribution is -2.28. The fourth-order valence-electron chi connectivity index (χ4n) is 1.08. The highest BCUT2D eigenvalue weighted by Gasteiger charge is 2.26. The van der Waals surface area contributed by atoms with Crippen molar-refractivity contribution in [3.63, 3.8) is 0 Å². The maximum absolute atomic E-state index is 11.7. The molecule has 3 nitrogen and oxygen atoms in total. The third-order valence-electron chi connectivity index (χ3n) is 2.57. The average Bonchev–Trinajstić information content (AvgIpc) is 2.38. The molecule has 8 heteroatoms. The van der Waals surface area contributed by atoms with Gasteiger partial charge >= 0.3 is 6.16 Å². The summed E-state index contributed by atoms with van der Waals surface area (Å²) in [5.74, 6) is -0.190. The summed E-state index contributed by atoms with van der Waals surface area (Å²) in [5.41, 5.74) is -0.684. The molecule has 0 atom stereocenters. The fourth-order valence-corrected chi connectivity index (χ4v) is 2.27. The van der Waals surface area contributed by atoms with Gasteiger partial charge in [-0.25, -0.2) is 4.79 Å². The molecular formula is C12H11Cl5O3. The van der Waals surface area contributed by atoms with Crippen molar-refractivity contribution in [2.45, 2.75) is 32.8 Å². The lowest BCUT2D eigenvalue weighted by Gasteiger charge is -2.23. The van der Waals surface area contributed by atoms with Crippen LogP contribution in [0.5, 0.6) is 5.75 Å². The van der Waals surface area contributed by atoms with Crippen LogP contribution in [0.1, 0.15) is 27.2 Å². The van der Waals surface area contributed by atoms with Gasteiger partial charge in [-0.3, -0.25) is 0 Å². The molecule has 20 heavy (non-hydrogen) atoms. The Morgan fingerprint density at radius 1 is 0.950 bits per heavy atom. The topological polar surface area (TPSA) is 35.5 Å². The molecule has 1 aromatic carbocycles. The van der Waals surface area contributed by atoms with Crippen LogP contribution < -0.4 is 4.74 Å². The van der Waals surface area contributed by atoms with Gasteiger partial charge in [-0.05, 0) is 20.3 Å². The molecule has 0 saturated heterocycles. The molecule has 0 fully saturated rings. The van der Waals surface area contributed by atoms with E-state index in [0.29, 0.717) is 6.42 Å². The first kappa shape index (κ1) is 18.0. The van der Waals surface area contributed by atoms with Crippen molar-refractivity contribution >= 4 is 64.2 Å². The van der Waals surface area contributed by atoms with Gasteiger partial charge in [0.2, 0.25) is 0 Å². The van der Waals surface area contributed by atoms with Crippen molar-refractivity contribution in [3.05, 3.63) is 25.1 Å². The highest BCUT2D eigenvalue weighted by molar-refractivity contribution is 6.55. The van der Waals surface area contributed by atoms with Crippen LogP contribution in [0.4, 0.5) is 4.79 Å². The summed E-state index contributed by atoms with van der Waals surface area (Å²) in [6.45, 7) is 5.34. The van der Waals surface area contributed by atoms with E-state index < -0.39 is 11.8 Å². The van der Waals surface area contributed by atoms with Crippen LogP contribution in [0.2, 0.25) is 25.1 Å². The maximum Gasteiger partial charge on any atom is 0.514 e. The summed E-state index contributed by atoms with van der Waals surface area (Å²) >= 11 is 29.4. The Morgan fingerprint density at radius 3 is 1.75 bits per heavy atom. The first-order valence-electron chi connectivity index (χ1n) is 5.53. The number of carbonyl (C=O) groups excluding carboxylic acids is 1. The van der Waals surface area contributed by atoms with Crippen molar-refractivity contribution in [2.24, 2.45) is 0 Å². The van der Waals surface area contributed by atoms with E-state index in [1.54, 1.807) is 13.8 Å². The quantitative estimate of drug-likeness (QED) is 0.255. The summed E-state index contributed by atoms with van der Waals surface area (Å²) in [6, 6.07) is 0. The summed E-state index contributed by atoms with van der Waals surface area (Å²) in [5, 5.41) is -0.354. The van der Waals surface area contributed by atoms with Gasteiger partial charge in [0.05, 0.1) is 15.1 Å². The van der Waals surface area contributed by atoms with E-state index in [1.807, 2.05) is 6.92 Å². The standard InChI is InChI=1S/C12H11Cl5O3/c1-4-12(2,3)20-11(18)19-10-8(16)6(14)5(13)7(15)9(10)17/h4H2,1-3H3. The largest absolute Gasteiger partial charge is 0.514 e. The van der Waals surface area contributed by atoms with Gasteiger partial charge in [-0.1, -0.05) is 64.9 Å². The zero-order valence-electron chi connectivity index (χ0n) is 10.8. The van der Waals surface area contributed by atoms with Crippen LogP contribution in [0.25, 0.3) is 0 Å². The molecular weight excluding hydrogens is 369 g/mol. The second kappa shape index (κ2) is 6.80.